The second-order valence-corrected chi connectivity index (χ2v) is 5.65. The minimum absolute atomic E-state index is 0.396. The topological polar surface area (TPSA) is 67.4 Å². The molecule has 0 fully saturated rings. The Morgan fingerprint density at radius 1 is 1.10 bits per heavy atom. The SMILES string of the molecule is COC(=O)c1c(NC(=O)Nc2ccccc2)sc(C)c1C. The molecule has 2 rings (SSSR count). The van der Waals surface area contributed by atoms with E-state index in [0.717, 1.165) is 10.4 Å². The molecule has 0 aliphatic carbocycles. The molecule has 2 aromatic rings. The number of aryl methyl sites for hydroxylation is 1. The number of esters is 1. The molecule has 0 unspecified atom stereocenters. The van der Waals surface area contributed by atoms with E-state index >= 15 is 0 Å². The number of carbonyl (C=O) groups excluding carboxylic acids is 2. The Bertz CT molecular complexity index is 665. The molecule has 21 heavy (non-hydrogen) atoms. The van der Waals surface area contributed by atoms with E-state index in [0.29, 0.717) is 16.3 Å². The van der Waals surface area contributed by atoms with E-state index in [4.69, 9.17) is 4.74 Å². The van der Waals surface area contributed by atoms with E-state index in [1.54, 1.807) is 12.1 Å². The normalized spacial score (nSPS) is 10.0. The van der Waals surface area contributed by atoms with Crippen LogP contribution in [0.25, 0.3) is 0 Å². The number of urea groups is 1. The Kier molecular flexibility index (Phi) is 4.59. The largest absolute Gasteiger partial charge is 0.465 e. The lowest BCUT2D eigenvalue weighted by molar-refractivity contribution is 0.0601. The molecule has 1 aromatic carbocycles. The number of amides is 2. The van der Waals surface area contributed by atoms with Gasteiger partial charge in [0, 0.05) is 10.6 Å². The van der Waals surface area contributed by atoms with Gasteiger partial charge in [-0.25, -0.2) is 9.59 Å². The summed E-state index contributed by atoms with van der Waals surface area (Å²) in [5.74, 6) is -0.452. The van der Waals surface area contributed by atoms with Crippen LogP contribution >= 0.6 is 11.3 Å². The van der Waals surface area contributed by atoms with Crippen molar-refractivity contribution in [1.29, 1.82) is 0 Å². The molecular formula is C15H16N2O3S. The number of benzene rings is 1. The van der Waals surface area contributed by atoms with Gasteiger partial charge in [-0.15, -0.1) is 11.3 Å². The highest BCUT2D eigenvalue weighted by molar-refractivity contribution is 7.16. The third kappa shape index (κ3) is 3.41. The van der Waals surface area contributed by atoms with Gasteiger partial charge in [0.05, 0.1) is 12.7 Å². The average Bonchev–Trinajstić information content (AvgIpc) is 2.74. The number of hydrogen-bond donors (Lipinski definition) is 2. The van der Waals surface area contributed by atoms with Crippen LogP contribution in [-0.4, -0.2) is 19.1 Å². The average molecular weight is 304 g/mol. The number of hydrogen-bond acceptors (Lipinski definition) is 4. The molecule has 0 spiro atoms. The van der Waals surface area contributed by atoms with Crippen molar-refractivity contribution in [3.05, 3.63) is 46.3 Å². The van der Waals surface area contributed by atoms with Gasteiger partial charge in [-0.2, -0.15) is 0 Å². The van der Waals surface area contributed by atoms with Crippen LogP contribution in [0.5, 0.6) is 0 Å². The number of anilines is 2. The Hall–Kier alpha value is -2.34. The molecule has 0 atom stereocenters. The Morgan fingerprint density at radius 3 is 2.38 bits per heavy atom. The van der Waals surface area contributed by atoms with Crippen molar-refractivity contribution in [1.82, 2.24) is 0 Å². The van der Waals surface area contributed by atoms with Crippen molar-refractivity contribution in [3.8, 4) is 0 Å². The van der Waals surface area contributed by atoms with Crippen molar-refractivity contribution in [2.75, 3.05) is 17.7 Å². The third-order valence-electron chi connectivity index (χ3n) is 3.03. The summed E-state index contributed by atoms with van der Waals surface area (Å²) < 4.78 is 4.77. The maximum atomic E-state index is 12.0. The quantitative estimate of drug-likeness (QED) is 0.848. The smallest absolute Gasteiger partial charge is 0.341 e. The monoisotopic (exact) mass is 304 g/mol. The Labute approximate surface area is 126 Å². The van der Waals surface area contributed by atoms with Crippen LogP contribution in [0.1, 0.15) is 20.8 Å². The first-order chi connectivity index (χ1) is 10.0. The highest BCUT2D eigenvalue weighted by Gasteiger charge is 2.21. The molecule has 0 saturated heterocycles. The zero-order valence-electron chi connectivity index (χ0n) is 12.0. The zero-order chi connectivity index (χ0) is 15.4. The maximum absolute atomic E-state index is 12.0. The van der Waals surface area contributed by atoms with Crippen LogP contribution in [0.4, 0.5) is 15.5 Å². The third-order valence-corrected chi connectivity index (χ3v) is 4.16. The van der Waals surface area contributed by atoms with E-state index in [1.165, 1.54) is 18.4 Å². The van der Waals surface area contributed by atoms with E-state index in [9.17, 15) is 9.59 Å². The summed E-state index contributed by atoms with van der Waals surface area (Å²) in [6, 6.07) is 8.69. The summed E-state index contributed by atoms with van der Waals surface area (Å²) in [4.78, 5) is 24.8. The van der Waals surface area contributed by atoms with Crippen molar-refractivity contribution in [3.63, 3.8) is 0 Å². The summed E-state index contributed by atoms with van der Waals surface area (Å²) in [7, 11) is 1.32. The molecule has 0 aliphatic heterocycles. The molecule has 2 amide bonds. The fourth-order valence-electron chi connectivity index (χ4n) is 1.85. The number of nitrogens with one attached hydrogen (secondary N) is 2. The second-order valence-electron chi connectivity index (χ2n) is 4.42. The van der Waals surface area contributed by atoms with Crippen LogP contribution in [0, 0.1) is 13.8 Å². The van der Waals surface area contributed by atoms with Gasteiger partial charge in [-0.05, 0) is 31.5 Å². The molecule has 0 radical (unpaired) electrons. The van der Waals surface area contributed by atoms with Crippen molar-refractivity contribution >= 4 is 34.0 Å². The van der Waals surface area contributed by atoms with E-state index in [2.05, 4.69) is 10.6 Å². The standard InChI is InChI=1S/C15H16N2O3S/c1-9-10(2)21-13(12(9)14(18)20-3)17-15(19)16-11-7-5-4-6-8-11/h4-8H,1-3H3,(H2,16,17,19). The van der Waals surface area contributed by atoms with Crippen LogP contribution in [0.2, 0.25) is 0 Å². The minimum Gasteiger partial charge on any atom is -0.465 e. The van der Waals surface area contributed by atoms with Crippen molar-refractivity contribution < 1.29 is 14.3 Å². The van der Waals surface area contributed by atoms with Gasteiger partial charge in [0.15, 0.2) is 0 Å². The highest BCUT2D eigenvalue weighted by Crippen LogP contribution is 2.33. The summed E-state index contributed by atoms with van der Waals surface area (Å²) in [6.45, 7) is 3.73. The lowest BCUT2D eigenvalue weighted by Crippen LogP contribution is -2.20. The zero-order valence-corrected chi connectivity index (χ0v) is 12.8. The highest BCUT2D eigenvalue weighted by atomic mass is 32.1. The van der Waals surface area contributed by atoms with E-state index in [1.807, 2.05) is 32.0 Å². The molecule has 6 heteroatoms. The fourth-order valence-corrected chi connectivity index (χ4v) is 2.89. The molecule has 0 saturated carbocycles. The van der Waals surface area contributed by atoms with Gasteiger partial charge in [0.25, 0.3) is 0 Å². The van der Waals surface area contributed by atoms with E-state index in [-0.39, 0.29) is 0 Å². The molecular weight excluding hydrogens is 288 g/mol. The molecule has 1 aromatic heterocycles. The number of ether oxygens (including phenoxy) is 1. The fraction of sp³-hybridized carbons (Fsp3) is 0.200. The summed E-state index contributed by atoms with van der Waals surface area (Å²) in [6.07, 6.45) is 0. The van der Waals surface area contributed by atoms with Crippen LogP contribution in [0.3, 0.4) is 0 Å². The van der Waals surface area contributed by atoms with Gasteiger partial charge in [-0.1, -0.05) is 18.2 Å². The molecule has 0 aliphatic rings. The second kappa shape index (κ2) is 6.41. The number of rotatable bonds is 3. The minimum atomic E-state index is -0.452. The van der Waals surface area contributed by atoms with Crippen LogP contribution in [-0.2, 0) is 4.74 Å². The maximum Gasteiger partial charge on any atom is 0.341 e. The van der Waals surface area contributed by atoms with Gasteiger partial charge in [0.1, 0.15) is 5.00 Å². The Balaban J connectivity index is 2.18. The molecule has 5 nitrogen and oxygen atoms in total. The number of methoxy groups -OCH3 is 1. The molecule has 1 heterocycles. The van der Waals surface area contributed by atoms with Gasteiger partial charge < -0.3 is 10.1 Å². The first kappa shape index (κ1) is 15.1. The van der Waals surface area contributed by atoms with Crippen LogP contribution < -0.4 is 10.6 Å². The van der Waals surface area contributed by atoms with Gasteiger partial charge in [0.2, 0.25) is 0 Å². The van der Waals surface area contributed by atoms with Gasteiger partial charge in [-0.3, -0.25) is 5.32 Å². The first-order valence-electron chi connectivity index (χ1n) is 6.34. The first-order valence-corrected chi connectivity index (χ1v) is 7.16. The van der Waals surface area contributed by atoms with Crippen molar-refractivity contribution in [2.45, 2.75) is 13.8 Å². The molecule has 2 N–H and O–H groups in total. The van der Waals surface area contributed by atoms with Crippen molar-refractivity contribution in [2.24, 2.45) is 0 Å². The predicted octanol–water partition coefficient (Wildman–Crippen LogP) is 3.80. The predicted molar refractivity (Wildman–Crippen MR) is 84.2 cm³/mol. The number of para-hydroxylation sites is 1. The summed E-state index contributed by atoms with van der Waals surface area (Å²) >= 11 is 1.35. The lowest BCUT2D eigenvalue weighted by atomic mass is 10.1. The van der Waals surface area contributed by atoms with E-state index < -0.39 is 12.0 Å². The Morgan fingerprint density at radius 2 is 1.76 bits per heavy atom. The molecule has 110 valence electrons. The van der Waals surface area contributed by atoms with Crippen LogP contribution in [0.15, 0.2) is 30.3 Å². The number of carbonyl (C=O) groups is 2. The lowest BCUT2D eigenvalue weighted by Gasteiger charge is -2.07. The van der Waals surface area contributed by atoms with Gasteiger partial charge >= 0.3 is 12.0 Å². The summed E-state index contributed by atoms with van der Waals surface area (Å²) in [5, 5.41) is 5.90. The number of thiophene rings is 1. The molecule has 0 bridgehead atoms. The summed E-state index contributed by atoms with van der Waals surface area (Å²) in [5.41, 5.74) is 1.91.